The van der Waals surface area contributed by atoms with Crippen molar-refractivity contribution in [2.45, 2.75) is 26.8 Å². The molecule has 1 aliphatic rings. The highest BCUT2D eigenvalue weighted by Gasteiger charge is 2.48. The molecule has 152 valence electrons. The number of aliphatic hydroxyl groups excluding tert-OH is 1. The van der Waals surface area contributed by atoms with Crippen LogP contribution in [0.3, 0.4) is 0 Å². The van der Waals surface area contributed by atoms with Gasteiger partial charge in [-0.25, -0.2) is 0 Å². The van der Waals surface area contributed by atoms with Crippen molar-refractivity contribution >= 4 is 34.7 Å². The minimum atomic E-state index is -0.904. The summed E-state index contributed by atoms with van der Waals surface area (Å²) in [5, 5.41) is 11.5. The van der Waals surface area contributed by atoms with Crippen LogP contribution in [0.25, 0.3) is 5.76 Å². The quantitative estimate of drug-likeness (QED) is 0.345. The molecular weight excluding hydrogens is 402 g/mol. The third-order valence-corrected chi connectivity index (χ3v) is 5.70. The standard InChI is InChI=1S/C24H20ClNO4/c1-13-6-8-16(11-15(13)3)22(27)20-21(19-5-4-10-30-19)26(24(29)23(20)28)18-12-17(25)9-7-14(18)2/h4-12,21,27H,1-3H3/b22-20-. The first-order valence-corrected chi connectivity index (χ1v) is 9.85. The molecule has 1 fully saturated rings. The second-order valence-electron chi connectivity index (χ2n) is 7.41. The molecule has 1 saturated heterocycles. The Hall–Kier alpha value is -3.31. The molecule has 1 aliphatic heterocycles. The van der Waals surface area contributed by atoms with Crippen molar-refractivity contribution in [3.8, 4) is 0 Å². The van der Waals surface area contributed by atoms with E-state index in [1.165, 1.54) is 11.2 Å². The summed E-state index contributed by atoms with van der Waals surface area (Å²) in [7, 11) is 0. The maximum absolute atomic E-state index is 13.1. The topological polar surface area (TPSA) is 70.8 Å². The van der Waals surface area contributed by atoms with Gasteiger partial charge in [-0.3, -0.25) is 14.5 Å². The van der Waals surface area contributed by atoms with Gasteiger partial charge in [0.2, 0.25) is 0 Å². The van der Waals surface area contributed by atoms with Crippen molar-refractivity contribution in [2.75, 3.05) is 4.90 Å². The zero-order valence-corrected chi connectivity index (χ0v) is 17.5. The summed E-state index contributed by atoms with van der Waals surface area (Å²) < 4.78 is 5.57. The van der Waals surface area contributed by atoms with Crippen LogP contribution in [-0.4, -0.2) is 16.8 Å². The zero-order chi connectivity index (χ0) is 21.6. The monoisotopic (exact) mass is 421 g/mol. The van der Waals surface area contributed by atoms with E-state index in [4.69, 9.17) is 16.0 Å². The zero-order valence-electron chi connectivity index (χ0n) is 16.8. The lowest BCUT2D eigenvalue weighted by Gasteiger charge is -2.25. The Kier molecular flexibility index (Phi) is 5.00. The van der Waals surface area contributed by atoms with Crippen LogP contribution in [0.1, 0.15) is 34.1 Å². The molecule has 0 saturated carbocycles. The minimum absolute atomic E-state index is 0.0161. The van der Waals surface area contributed by atoms with Crippen molar-refractivity contribution in [3.63, 3.8) is 0 Å². The van der Waals surface area contributed by atoms with E-state index in [0.717, 1.165) is 16.7 Å². The number of aryl methyl sites for hydroxylation is 3. The van der Waals surface area contributed by atoms with Crippen LogP contribution in [-0.2, 0) is 9.59 Å². The van der Waals surface area contributed by atoms with E-state index >= 15 is 0 Å². The van der Waals surface area contributed by atoms with E-state index < -0.39 is 17.7 Å². The predicted molar refractivity (Wildman–Crippen MR) is 116 cm³/mol. The summed E-state index contributed by atoms with van der Waals surface area (Å²) in [6.07, 6.45) is 1.47. The third-order valence-electron chi connectivity index (χ3n) is 5.47. The fourth-order valence-electron chi connectivity index (χ4n) is 3.68. The average molecular weight is 422 g/mol. The minimum Gasteiger partial charge on any atom is -0.507 e. The summed E-state index contributed by atoms with van der Waals surface area (Å²) >= 11 is 6.17. The predicted octanol–water partition coefficient (Wildman–Crippen LogP) is 5.48. The molecule has 1 aromatic heterocycles. The van der Waals surface area contributed by atoms with Gasteiger partial charge in [-0.2, -0.15) is 0 Å². The van der Waals surface area contributed by atoms with Gasteiger partial charge in [0.1, 0.15) is 17.6 Å². The van der Waals surface area contributed by atoms with Crippen LogP contribution in [0.5, 0.6) is 0 Å². The molecule has 5 nitrogen and oxygen atoms in total. The maximum atomic E-state index is 13.1. The fraction of sp³-hybridized carbons (Fsp3) is 0.167. The SMILES string of the molecule is Cc1ccc(/C(O)=C2/C(=O)C(=O)N(c3cc(Cl)ccc3C)C2c2ccco2)cc1C. The Balaban J connectivity index is 1.96. The number of halogens is 1. The first-order valence-electron chi connectivity index (χ1n) is 9.47. The van der Waals surface area contributed by atoms with Crippen LogP contribution in [0.15, 0.2) is 64.8 Å². The molecular formula is C24H20ClNO4. The number of furan rings is 1. The molecule has 0 radical (unpaired) electrons. The van der Waals surface area contributed by atoms with E-state index in [-0.39, 0.29) is 11.3 Å². The summed E-state index contributed by atoms with van der Waals surface area (Å²) in [5.74, 6) is -1.38. The molecule has 1 atom stereocenters. The lowest BCUT2D eigenvalue weighted by Crippen LogP contribution is -2.30. The first kappa shape index (κ1) is 20.0. The van der Waals surface area contributed by atoms with Crippen LogP contribution in [0.2, 0.25) is 5.02 Å². The molecule has 2 aromatic carbocycles. The summed E-state index contributed by atoms with van der Waals surface area (Å²) in [5.41, 5.74) is 3.74. The normalized spacial score (nSPS) is 18.3. The molecule has 2 heterocycles. The number of aliphatic hydroxyl groups is 1. The van der Waals surface area contributed by atoms with Crippen LogP contribution >= 0.6 is 11.6 Å². The van der Waals surface area contributed by atoms with Gasteiger partial charge in [-0.05, 0) is 67.8 Å². The van der Waals surface area contributed by atoms with Gasteiger partial charge in [0.15, 0.2) is 0 Å². The first-order chi connectivity index (χ1) is 14.3. The van der Waals surface area contributed by atoms with Crippen molar-refractivity contribution in [2.24, 2.45) is 0 Å². The highest BCUT2D eigenvalue weighted by molar-refractivity contribution is 6.51. The Morgan fingerprint density at radius 3 is 2.40 bits per heavy atom. The highest BCUT2D eigenvalue weighted by Crippen LogP contribution is 2.43. The van der Waals surface area contributed by atoms with E-state index in [2.05, 4.69) is 0 Å². The molecule has 0 spiro atoms. The van der Waals surface area contributed by atoms with Crippen molar-refractivity contribution < 1.29 is 19.1 Å². The Morgan fingerprint density at radius 2 is 1.73 bits per heavy atom. The summed E-state index contributed by atoms with van der Waals surface area (Å²) in [6, 6.07) is 13.0. The Labute approximate surface area is 179 Å². The van der Waals surface area contributed by atoms with Gasteiger partial charge in [-0.1, -0.05) is 29.8 Å². The number of benzene rings is 2. The number of carbonyl (C=O) groups is 2. The molecule has 30 heavy (non-hydrogen) atoms. The van der Waals surface area contributed by atoms with Gasteiger partial charge in [-0.15, -0.1) is 0 Å². The number of nitrogens with zero attached hydrogens (tertiary/aromatic N) is 1. The van der Waals surface area contributed by atoms with Crippen molar-refractivity contribution in [1.82, 2.24) is 0 Å². The number of hydrogen-bond acceptors (Lipinski definition) is 4. The lowest BCUT2D eigenvalue weighted by molar-refractivity contribution is -0.132. The second kappa shape index (κ2) is 7.50. The number of ketones is 1. The molecule has 3 aromatic rings. The van der Waals surface area contributed by atoms with Crippen LogP contribution in [0.4, 0.5) is 5.69 Å². The van der Waals surface area contributed by atoms with Gasteiger partial charge >= 0.3 is 0 Å². The summed E-state index contributed by atoms with van der Waals surface area (Å²) in [6.45, 7) is 5.71. The Bertz CT molecular complexity index is 1190. The largest absolute Gasteiger partial charge is 0.507 e. The van der Waals surface area contributed by atoms with E-state index in [1.54, 1.807) is 42.5 Å². The van der Waals surface area contributed by atoms with Gasteiger partial charge < -0.3 is 9.52 Å². The van der Waals surface area contributed by atoms with Gasteiger partial charge in [0, 0.05) is 16.3 Å². The molecule has 1 amide bonds. The summed E-state index contributed by atoms with van der Waals surface area (Å²) in [4.78, 5) is 27.5. The lowest BCUT2D eigenvalue weighted by atomic mass is 9.97. The molecule has 4 rings (SSSR count). The highest BCUT2D eigenvalue weighted by atomic mass is 35.5. The van der Waals surface area contributed by atoms with Gasteiger partial charge in [0.05, 0.1) is 11.8 Å². The number of amides is 1. The molecule has 0 bridgehead atoms. The average Bonchev–Trinajstić information content (AvgIpc) is 3.33. The number of hydrogen-bond donors (Lipinski definition) is 1. The Morgan fingerprint density at radius 1 is 1.00 bits per heavy atom. The maximum Gasteiger partial charge on any atom is 0.300 e. The fourth-order valence-corrected chi connectivity index (χ4v) is 3.85. The molecule has 1 unspecified atom stereocenters. The van der Waals surface area contributed by atoms with Crippen molar-refractivity contribution in [1.29, 1.82) is 0 Å². The molecule has 6 heteroatoms. The smallest absolute Gasteiger partial charge is 0.300 e. The van der Waals surface area contributed by atoms with E-state index in [0.29, 0.717) is 22.0 Å². The number of rotatable bonds is 3. The molecule has 0 aliphatic carbocycles. The van der Waals surface area contributed by atoms with Crippen LogP contribution in [0, 0.1) is 20.8 Å². The van der Waals surface area contributed by atoms with Crippen molar-refractivity contribution in [3.05, 3.63) is 93.4 Å². The number of carbonyl (C=O) groups excluding carboxylic acids is 2. The number of Topliss-reactive ketones (excluding diaryl/α,β-unsaturated/α-hetero) is 1. The van der Waals surface area contributed by atoms with E-state index in [9.17, 15) is 14.7 Å². The molecule has 1 N–H and O–H groups in total. The number of anilines is 1. The van der Waals surface area contributed by atoms with Crippen LogP contribution < -0.4 is 4.90 Å². The second-order valence-corrected chi connectivity index (χ2v) is 7.85. The van der Waals surface area contributed by atoms with Gasteiger partial charge in [0.25, 0.3) is 11.7 Å². The third kappa shape index (κ3) is 3.21. The van der Waals surface area contributed by atoms with E-state index in [1.807, 2.05) is 26.8 Å².